The van der Waals surface area contributed by atoms with E-state index in [0.717, 1.165) is 57.3 Å². The Morgan fingerprint density at radius 2 is 1.87 bits per heavy atom. The SMILES string of the molecule is c1cnc(N2CCN(C3CN(CC4CCCOC4)C3)CC2)nc1. The molecule has 0 aliphatic carbocycles. The molecule has 4 rings (SSSR count). The molecule has 0 saturated carbocycles. The summed E-state index contributed by atoms with van der Waals surface area (Å²) in [7, 11) is 0. The van der Waals surface area contributed by atoms with Crippen molar-refractivity contribution in [3.8, 4) is 0 Å². The molecule has 3 fully saturated rings. The summed E-state index contributed by atoms with van der Waals surface area (Å²) >= 11 is 0. The van der Waals surface area contributed by atoms with E-state index in [0.29, 0.717) is 0 Å². The molecule has 0 N–H and O–H groups in total. The van der Waals surface area contributed by atoms with Crippen molar-refractivity contribution in [1.29, 1.82) is 0 Å². The second-order valence-corrected chi connectivity index (χ2v) is 7.03. The fourth-order valence-electron chi connectivity index (χ4n) is 3.98. The number of hydrogen-bond donors (Lipinski definition) is 0. The molecular formula is C17H27N5O. The average Bonchev–Trinajstić information content (AvgIpc) is 2.60. The maximum atomic E-state index is 5.59. The Labute approximate surface area is 138 Å². The van der Waals surface area contributed by atoms with Crippen molar-refractivity contribution in [3.63, 3.8) is 0 Å². The Balaban J connectivity index is 1.19. The van der Waals surface area contributed by atoms with E-state index >= 15 is 0 Å². The van der Waals surface area contributed by atoms with Gasteiger partial charge < -0.3 is 9.64 Å². The van der Waals surface area contributed by atoms with Crippen LogP contribution < -0.4 is 4.90 Å². The third-order valence-electron chi connectivity index (χ3n) is 5.37. The predicted octanol–water partition coefficient (Wildman–Crippen LogP) is 0.709. The molecular weight excluding hydrogens is 290 g/mol. The zero-order chi connectivity index (χ0) is 15.5. The summed E-state index contributed by atoms with van der Waals surface area (Å²) in [6.45, 7) is 9.97. The second-order valence-electron chi connectivity index (χ2n) is 7.03. The number of nitrogens with zero attached hydrogens (tertiary/aromatic N) is 5. The maximum absolute atomic E-state index is 5.59. The second kappa shape index (κ2) is 7.11. The first-order valence-corrected chi connectivity index (χ1v) is 8.94. The number of ether oxygens (including phenoxy) is 1. The number of piperazine rings is 1. The van der Waals surface area contributed by atoms with Crippen molar-refractivity contribution in [2.75, 3.05) is 63.9 Å². The van der Waals surface area contributed by atoms with E-state index in [1.165, 1.54) is 32.5 Å². The molecule has 0 amide bonds. The minimum Gasteiger partial charge on any atom is -0.381 e. The third kappa shape index (κ3) is 3.65. The number of aromatic nitrogens is 2. The van der Waals surface area contributed by atoms with Gasteiger partial charge in [-0.25, -0.2) is 9.97 Å². The summed E-state index contributed by atoms with van der Waals surface area (Å²) in [5.74, 6) is 1.64. The molecule has 0 radical (unpaired) electrons. The Kier molecular flexibility index (Phi) is 4.73. The highest BCUT2D eigenvalue weighted by atomic mass is 16.5. The number of hydrogen-bond acceptors (Lipinski definition) is 6. The minimum absolute atomic E-state index is 0.748. The molecule has 4 heterocycles. The normalized spacial score (nSPS) is 27.8. The van der Waals surface area contributed by atoms with Crippen LogP contribution in [0.1, 0.15) is 12.8 Å². The number of likely N-dealkylation sites (tertiary alicyclic amines) is 1. The molecule has 0 aromatic carbocycles. The molecule has 6 heteroatoms. The van der Waals surface area contributed by atoms with Gasteiger partial charge in [-0.05, 0) is 24.8 Å². The maximum Gasteiger partial charge on any atom is 0.225 e. The summed E-state index contributed by atoms with van der Waals surface area (Å²) in [6.07, 6.45) is 6.24. The van der Waals surface area contributed by atoms with E-state index in [9.17, 15) is 0 Å². The van der Waals surface area contributed by atoms with Gasteiger partial charge in [-0.15, -0.1) is 0 Å². The van der Waals surface area contributed by atoms with Crippen LogP contribution in [0.2, 0.25) is 0 Å². The van der Waals surface area contributed by atoms with Crippen molar-refractivity contribution in [1.82, 2.24) is 19.8 Å². The van der Waals surface area contributed by atoms with Crippen molar-refractivity contribution >= 4 is 5.95 Å². The van der Waals surface area contributed by atoms with Gasteiger partial charge in [0.05, 0.1) is 6.61 Å². The van der Waals surface area contributed by atoms with Gasteiger partial charge in [0.15, 0.2) is 0 Å². The van der Waals surface area contributed by atoms with Gasteiger partial charge in [-0.1, -0.05) is 0 Å². The highest BCUT2D eigenvalue weighted by Crippen LogP contribution is 2.22. The molecule has 0 spiro atoms. The van der Waals surface area contributed by atoms with Gasteiger partial charge in [-0.3, -0.25) is 9.80 Å². The smallest absolute Gasteiger partial charge is 0.225 e. The van der Waals surface area contributed by atoms with Crippen molar-refractivity contribution in [3.05, 3.63) is 18.5 Å². The zero-order valence-electron chi connectivity index (χ0n) is 13.8. The van der Waals surface area contributed by atoms with Crippen molar-refractivity contribution in [2.24, 2.45) is 5.92 Å². The van der Waals surface area contributed by atoms with E-state index in [1.807, 2.05) is 18.5 Å². The molecule has 126 valence electrons. The topological polar surface area (TPSA) is 44.7 Å². The van der Waals surface area contributed by atoms with Gasteiger partial charge in [-0.2, -0.15) is 0 Å². The molecule has 1 atom stereocenters. The lowest BCUT2D eigenvalue weighted by Gasteiger charge is -2.49. The van der Waals surface area contributed by atoms with Crippen LogP contribution in [-0.4, -0.2) is 84.8 Å². The van der Waals surface area contributed by atoms with Crippen LogP contribution in [0.15, 0.2) is 18.5 Å². The summed E-state index contributed by atoms with van der Waals surface area (Å²) in [5.41, 5.74) is 0. The van der Waals surface area contributed by atoms with Gasteiger partial charge in [0, 0.05) is 70.9 Å². The monoisotopic (exact) mass is 317 g/mol. The Morgan fingerprint density at radius 1 is 1.09 bits per heavy atom. The Morgan fingerprint density at radius 3 is 2.57 bits per heavy atom. The summed E-state index contributed by atoms with van der Waals surface area (Å²) in [5, 5.41) is 0. The van der Waals surface area contributed by atoms with Crippen LogP contribution >= 0.6 is 0 Å². The fraction of sp³-hybridized carbons (Fsp3) is 0.765. The predicted molar refractivity (Wildman–Crippen MR) is 89.6 cm³/mol. The van der Waals surface area contributed by atoms with Gasteiger partial charge in [0.25, 0.3) is 0 Å². The lowest BCUT2D eigenvalue weighted by molar-refractivity contribution is -0.00947. The van der Waals surface area contributed by atoms with E-state index in [4.69, 9.17) is 4.74 Å². The van der Waals surface area contributed by atoms with Crippen LogP contribution in [-0.2, 0) is 4.74 Å². The summed E-state index contributed by atoms with van der Waals surface area (Å²) in [4.78, 5) is 16.3. The van der Waals surface area contributed by atoms with E-state index < -0.39 is 0 Å². The first kappa shape index (κ1) is 15.3. The number of rotatable bonds is 4. The molecule has 1 aromatic heterocycles. The zero-order valence-corrected chi connectivity index (χ0v) is 13.8. The van der Waals surface area contributed by atoms with E-state index in [1.54, 1.807) is 0 Å². The first-order valence-electron chi connectivity index (χ1n) is 8.94. The van der Waals surface area contributed by atoms with E-state index in [2.05, 4.69) is 24.7 Å². The Hall–Kier alpha value is -1.24. The van der Waals surface area contributed by atoms with Crippen LogP contribution in [0.25, 0.3) is 0 Å². The summed E-state index contributed by atoms with van der Waals surface area (Å²) in [6, 6.07) is 2.62. The van der Waals surface area contributed by atoms with Crippen LogP contribution in [0.5, 0.6) is 0 Å². The van der Waals surface area contributed by atoms with Gasteiger partial charge >= 0.3 is 0 Å². The van der Waals surface area contributed by atoms with Crippen LogP contribution in [0.3, 0.4) is 0 Å². The van der Waals surface area contributed by atoms with Crippen molar-refractivity contribution in [2.45, 2.75) is 18.9 Å². The summed E-state index contributed by atoms with van der Waals surface area (Å²) < 4.78 is 5.59. The highest BCUT2D eigenvalue weighted by molar-refractivity contribution is 5.29. The molecule has 0 bridgehead atoms. The lowest BCUT2D eigenvalue weighted by atomic mass is 9.98. The van der Waals surface area contributed by atoms with Crippen molar-refractivity contribution < 1.29 is 4.74 Å². The van der Waals surface area contributed by atoms with Gasteiger partial charge in [0.1, 0.15) is 0 Å². The molecule has 3 aliphatic heterocycles. The number of anilines is 1. The van der Waals surface area contributed by atoms with Crippen LogP contribution in [0, 0.1) is 5.92 Å². The average molecular weight is 317 g/mol. The fourth-order valence-corrected chi connectivity index (χ4v) is 3.98. The molecule has 3 aliphatic rings. The molecule has 6 nitrogen and oxygen atoms in total. The van der Waals surface area contributed by atoms with Crippen LogP contribution in [0.4, 0.5) is 5.95 Å². The first-order chi connectivity index (χ1) is 11.4. The molecule has 3 saturated heterocycles. The minimum atomic E-state index is 0.748. The standard InChI is InChI=1S/C17H27N5O/c1-3-15(14-23-10-1)11-20-12-16(13-20)21-6-8-22(9-7-21)17-18-4-2-5-19-17/h2,4-5,15-16H,1,3,6-14H2. The largest absolute Gasteiger partial charge is 0.381 e. The molecule has 1 unspecified atom stereocenters. The molecule has 23 heavy (non-hydrogen) atoms. The third-order valence-corrected chi connectivity index (χ3v) is 5.37. The highest BCUT2D eigenvalue weighted by Gasteiger charge is 2.34. The Bertz CT molecular complexity index is 479. The lowest BCUT2D eigenvalue weighted by Crippen LogP contribution is -2.63. The van der Waals surface area contributed by atoms with Gasteiger partial charge in [0.2, 0.25) is 5.95 Å². The van der Waals surface area contributed by atoms with E-state index in [-0.39, 0.29) is 0 Å². The molecule has 1 aromatic rings. The quantitative estimate of drug-likeness (QED) is 0.815.